The molecule has 2 saturated carbocycles. The fraction of sp³-hybridized carbons (Fsp3) is 0.524. The van der Waals surface area contributed by atoms with E-state index in [1.807, 2.05) is 37.4 Å². The molecule has 1 amide bonds. The summed E-state index contributed by atoms with van der Waals surface area (Å²) in [4.78, 5) is 12.8. The molecule has 4 rings (SSSR count). The van der Waals surface area contributed by atoms with Gasteiger partial charge in [0.2, 0.25) is 0 Å². The lowest BCUT2D eigenvalue weighted by Gasteiger charge is -2.29. The summed E-state index contributed by atoms with van der Waals surface area (Å²) in [7, 11) is 0. The molecule has 0 radical (unpaired) electrons. The maximum atomic E-state index is 12.8. The van der Waals surface area contributed by atoms with Crippen LogP contribution in [0.1, 0.15) is 72.6 Å². The number of benzene rings is 1. The zero-order chi connectivity index (χ0) is 18.9. The molecule has 2 fully saturated rings. The fourth-order valence-electron chi connectivity index (χ4n) is 3.97. The Kier molecular flexibility index (Phi) is 4.69. The molecule has 1 N–H and O–H groups in total. The van der Waals surface area contributed by atoms with Gasteiger partial charge in [0.25, 0.3) is 5.91 Å². The normalized spacial score (nSPS) is 19.9. The third-order valence-corrected chi connectivity index (χ3v) is 5.92. The molecule has 1 atom stereocenters. The van der Waals surface area contributed by atoms with E-state index in [9.17, 15) is 10.1 Å². The summed E-state index contributed by atoms with van der Waals surface area (Å²) < 4.78 is 1.69. The quantitative estimate of drug-likeness (QED) is 0.879. The smallest absolute Gasteiger partial charge is 0.251 e. The third kappa shape index (κ3) is 3.59. The minimum atomic E-state index is -0.524. The van der Waals surface area contributed by atoms with Gasteiger partial charge in [0, 0.05) is 5.56 Å². The van der Waals surface area contributed by atoms with E-state index < -0.39 is 5.54 Å². The number of hydrogen-bond donors (Lipinski definition) is 1. The summed E-state index contributed by atoms with van der Waals surface area (Å²) in [5.41, 5.74) is 2.03. The molecule has 1 heterocycles. The Morgan fingerprint density at radius 1 is 1.26 bits per heavy atom. The monoisotopic (exact) mass is 363 g/mol. The number of nitrogens with one attached hydrogen (secondary N) is 1. The van der Waals surface area contributed by atoms with E-state index in [0.29, 0.717) is 11.5 Å². The van der Waals surface area contributed by atoms with Crippen molar-refractivity contribution >= 4 is 5.91 Å². The summed E-state index contributed by atoms with van der Waals surface area (Å²) in [6.07, 6.45) is 9.26. The van der Waals surface area contributed by atoms with Gasteiger partial charge >= 0.3 is 0 Å². The van der Waals surface area contributed by atoms with E-state index in [1.54, 1.807) is 4.68 Å². The lowest BCUT2D eigenvalue weighted by Crippen LogP contribution is -2.34. The SMILES string of the molecule is Cc1ccc(C(=O)NC(c2cn(C3(C#N)CC3)nn2)C2CCCCC2)cc1. The van der Waals surface area contributed by atoms with Gasteiger partial charge in [-0.25, -0.2) is 4.68 Å². The predicted octanol–water partition coefficient (Wildman–Crippen LogP) is 3.65. The van der Waals surface area contributed by atoms with Crippen LogP contribution in [-0.4, -0.2) is 20.9 Å². The molecule has 1 aromatic carbocycles. The molecule has 0 spiro atoms. The zero-order valence-electron chi connectivity index (χ0n) is 15.7. The maximum absolute atomic E-state index is 12.8. The van der Waals surface area contributed by atoms with Crippen LogP contribution in [0.4, 0.5) is 0 Å². The van der Waals surface area contributed by atoms with Crippen molar-refractivity contribution in [3.05, 3.63) is 47.3 Å². The molecule has 0 bridgehead atoms. The molecule has 2 aromatic rings. The Balaban J connectivity index is 1.58. The second-order valence-electron chi connectivity index (χ2n) is 7.95. The first kappa shape index (κ1) is 17.7. The second kappa shape index (κ2) is 7.15. The number of hydrogen-bond acceptors (Lipinski definition) is 4. The van der Waals surface area contributed by atoms with Crippen LogP contribution in [0.3, 0.4) is 0 Å². The summed E-state index contributed by atoms with van der Waals surface area (Å²) in [5.74, 6) is 0.275. The van der Waals surface area contributed by atoms with Crippen molar-refractivity contribution in [2.45, 2.75) is 63.5 Å². The minimum Gasteiger partial charge on any atom is -0.343 e. The highest BCUT2D eigenvalue weighted by Gasteiger charge is 2.47. The third-order valence-electron chi connectivity index (χ3n) is 5.92. The summed E-state index contributed by atoms with van der Waals surface area (Å²) in [6, 6.07) is 9.79. The minimum absolute atomic E-state index is 0.0819. The second-order valence-corrected chi connectivity index (χ2v) is 7.95. The van der Waals surface area contributed by atoms with Crippen molar-refractivity contribution in [2.24, 2.45) is 5.92 Å². The van der Waals surface area contributed by atoms with E-state index in [-0.39, 0.29) is 11.9 Å². The van der Waals surface area contributed by atoms with Crippen molar-refractivity contribution in [1.82, 2.24) is 20.3 Å². The Bertz CT molecular complexity index is 853. The standard InChI is InChI=1S/C21H25N5O/c1-15-7-9-17(10-8-15)20(27)23-19(16-5-3-2-4-6-16)18-13-26(25-24-18)21(14-22)11-12-21/h7-10,13,16,19H,2-6,11-12H2,1H3,(H,23,27). The molecular formula is C21H25N5O. The Labute approximate surface area is 159 Å². The molecule has 2 aliphatic rings. The lowest BCUT2D eigenvalue weighted by atomic mass is 9.82. The van der Waals surface area contributed by atoms with Crippen LogP contribution < -0.4 is 5.32 Å². The largest absolute Gasteiger partial charge is 0.343 e. The van der Waals surface area contributed by atoms with Crippen molar-refractivity contribution in [3.63, 3.8) is 0 Å². The van der Waals surface area contributed by atoms with Crippen molar-refractivity contribution in [3.8, 4) is 6.07 Å². The number of aryl methyl sites for hydroxylation is 1. The molecule has 27 heavy (non-hydrogen) atoms. The maximum Gasteiger partial charge on any atom is 0.251 e. The van der Waals surface area contributed by atoms with Crippen LogP contribution in [0.15, 0.2) is 30.5 Å². The Hall–Kier alpha value is -2.68. The molecular weight excluding hydrogens is 338 g/mol. The fourth-order valence-corrected chi connectivity index (χ4v) is 3.97. The molecule has 6 heteroatoms. The zero-order valence-corrected chi connectivity index (χ0v) is 15.7. The topological polar surface area (TPSA) is 83.6 Å². The van der Waals surface area contributed by atoms with Crippen LogP contribution in [0, 0.1) is 24.2 Å². The molecule has 6 nitrogen and oxygen atoms in total. The highest BCUT2D eigenvalue weighted by Crippen LogP contribution is 2.42. The first-order valence-electron chi connectivity index (χ1n) is 9.83. The first-order chi connectivity index (χ1) is 13.1. The molecule has 1 unspecified atom stereocenters. The van der Waals surface area contributed by atoms with Gasteiger partial charge in [-0.15, -0.1) is 5.10 Å². The van der Waals surface area contributed by atoms with E-state index >= 15 is 0 Å². The van der Waals surface area contributed by atoms with Gasteiger partial charge < -0.3 is 5.32 Å². The van der Waals surface area contributed by atoms with Gasteiger partial charge in [-0.3, -0.25) is 4.79 Å². The molecule has 140 valence electrons. The first-order valence-corrected chi connectivity index (χ1v) is 9.83. The van der Waals surface area contributed by atoms with Crippen LogP contribution in [-0.2, 0) is 5.54 Å². The highest BCUT2D eigenvalue weighted by atomic mass is 16.1. The summed E-state index contributed by atoms with van der Waals surface area (Å²) in [6.45, 7) is 2.01. The van der Waals surface area contributed by atoms with Crippen LogP contribution >= 0.6 is 0 Å². The van der Waals surface area contributed by atoms with E-state index in [1.165, 1.54) is 19.3 Å². The van der Waals surface area contributed by atoms with Gasteiger partial charge in [-0.05, 0) is 50.7 Å². The number of carbonyl (C=O) groups excluding carboxylic acids is 1. The van der Waals surface area contributed by atoms with Gasteiger partial charge in [0.1, 0.15) is 5.69 Å². The van der Waals surface area contributed by atoms with Crippen LogP contribution in [0.2, 0.25) is 0 Å². The Morgan fingerprint density at radius 2 is 1.96 bits per heavy atom. The lowest BCUT2D eigenvalue weighted by molar-refractivity contribution is 0.0911. The van der Waals surface area contributed by atoms with Crippen LogP contribution in [0.5, 0.6) is 0 Å². The number of carbonyl (C=O) groups is 1. The summed E-state index contributed by atoms with van der Waals surface area (Å²) >= 11 is 0. The highest BCUT2D eigenvalue weighted by molar-refractivity contribution is 5.94. The van der Waals surface area contributed by atoms with E-state index in [0.717, 1.165) is 36.9 Å². The summed E-state index contributed by atoms with van der Waals surface area (Å²) in [5, 5.41) is 21.2. The average Bonchev–Trinajstić information content (AvgIpc) is 3.36. The number of nitrogens with zero attached hydrogens (tertiary/aromatic N) is 4. The van der Waals surface area contributed by atoms with Gasteiger partial charge in [-0.1, -0.05) is 42.2 Å². The van der Waals surface area contributed by atoms with Gasteiger partial charge in [0.05, 0.1) is 18.3 Å². The number of aromatic nitrogens is 3. The van der Waals surface area contributed by atoms with Crippen molar-refractivity contribution in [2.75, 3.05) is 0 Å². The molecule has 2 aliphatic carbocycles. The van der Waals surface area contributed by atoms with Gasteiger partial charge in [0.15, 0.2) is 5.54 Å². The van der Waals surface area contributed by atoms with E-state index in [2.05, 4.69) is 21.7 Å². The Morgan fingerprint density at radius 3 is 2.59 bits per heavy atom. The molecule has 1 aromatic heterocycles. The predicted molar refractivity (Wildman–Crippen MR) is 101 cm³/mol. The number of nitriles is 1. The average molecular weight is 363 g/mol. The number of amides is 1. The van der Waals surface area contributed by atoms with Crippen molar-refractivity contribution < 1.29 is 4.79 Å². The number of rotatable bonds is 5. The van der Waals surface area contributed by atoms with Crippen molar-refractivity contribution in [1.29, 1.82) is 5.26 Å². The molecule has 0 saturated heterocycles. The van der Waals surface area contributed by atoms with Gasteiger partial charge in [-0.2, -0.15) is 5.26 Å². The molecule has 0 aliphatic heterocycles. The van der Waals surface area contributed by atoms with Crippen LogP contribution in [0.25, 0.3) is 0 Å². The van der Waals surface area contributed by atoms with E-state index in [4.69, 9.17) is 0 Å².